The molecule has 0 heterocycles. The molecule has 114 valence electrons. The van der Waals surface area contributed by atoms with Crippen molar-refractivity contribution in [2.75, 3.05) is 0 Å². The van der Waals surface area contributed by atoms with Crippen LogP contribution >= 0.6 is 0 Å². The minimum Gasteiger partial charge on any atom is -0.0683 e. The largest absolute Gasteiger partial charge is 0.0683 e. The second-order valence-electron chi connectivity index (χ2n) is 7.23. The monoisotopic (exact) mass is 274 g/mol. The molecular formula is C20H34. The van der Waals surface area contributed by atoms with Gasteiger partial charge in [-0.3, -0.25) is 0 Å². The van der Waals surface area contributed by atoms with E-state index in [1.807, 2.05) is 19.4 Å². The van der Waals surface area contributed by atoms with Gasteiger partial charge < -0.3 is 0 Å². The number of hydrogen-bond donors (Lipinski definition) is 0. The van der Waals surface area contributed by atoms with Crippen molar-refractivity contribution in [2.45, 2.75) is 79.6 Å². The molecule has 0 aromatic carbocycles. The first-order valence-corrected chi connectivity index (χ1v) is 9.07. The number of allylic oxidation sites excluding steroid dienone is 4. The van der Waals surface area contributed by atoms with E-state index in [1.165, 1.54) is 44.9 Å². The van der Waals surface area contributed by atoms with E-state index in [9.17, 15) is 0 Å². The van der Waals surface area contributed by atoms with Gasteiger partial charge in [0.15, 0.2) is 0 Å². The summed E-state index contributed by atoms with van der Waals surface area (Å²) in [5.74, 6) is 3.60. The fourth-order valence-electron chi connectivity index (χ4n) is 4.46. The van der Waals surface area contributed by atoms with E-state index in [-0.39, 0.29) is 0 Å². The molecule has 3 aliphatic rings. The van der Waals surface area contributed by atoms with Crippen LogP contribution in [0.2, 0.25) is 0 Å². The van der Waals surface area contributed by atoms with Crippen LogP contribution in [0.5, 0.6) is 0 Å². The minimum atomic E-state index is 0.845. The van der Waals surface area contributed by atoms with Crippen LogP contribution in [0.3, 0.4) is 0 Å². The molecule has 20 heavy (non-hydrogen) atoms. The van der Waals surface area contributed by atoms with Gasteiger partial charge in [0, 0.05) is 0 Å². The summed E-state index contributed by atoms with van der Waals surface area (Å²) in [6.45, 7) is 11.4. The van der Waals surface area contributed by atoms with Crippen LogP contribution < -0.4 is 0 Å². The zero-order valence-electron chi connectivity index (χ0n) is 14.3. The Morgan fingerprint density at radius 1 is 0.850 bits per heavy atom. The zero-order valence-corrected chi connectivity index (χ0v) is 14.3. The Balaban J connectivity index is 0.000000704. The highest BCUT2D eigenvalue weighted by Crippen LogP contribution is 2.47. The minimum absolute atomic E-state index is 0.845. The van der Waals surface area contributed by atoms with Crippen LogP contribution in [0.4, 0.5) is 0 Å². The molecule has 0 aromatic heterocycles. The average Bonchev–Trinajstić information content (AvgIpc) is 2.64. The van der Waals surface area contributed by atoms with Crippen molar-refractivity contribution in [2.24, 2.45) is 23.7 Å². The third kappa shape index (κ3) is 3.21. The maximum absolute atomic E-state index is 2.63. The summed E-state index contributed by atoms with van der Waals surface area (Å²) >= 11 is 0. The first-order valence-electron chi connectivity index (χ1n) is 9.07. The maximum atomic E-state index is 2.63. The first kappa shape index (κ1) is 15.9. The van der Waals surface area contributed by atoms with E-state index < -0.39 is 0 Å². The smallest absolute Gasteiger partial charge is 0.0137 e. The van der Waals surface area contributed by atoms with Gasteiger partial charge in [0.1, 0.15) is 0 Å². The van der Waals surface area contributed by atoms with Crippen LogP contribution in [0.1, 0.15) is 79.6 Å². The van der Waals surface area contributed by atoms with Gasteiger partial charge in [0.2, 0.25) is 0 Å². The standard InChI is InChI=1S/C18H28.C2H6/c1-12-4-7-15-11-16-10-13(2)6-9-18(16)14(3)17(15)8-5-12;1-2/h11-14,18H,4-10H2,1-3H3;1-2H3. The van der Waals surface area contributed by atoms with Gasteiger partial charge >= 0.3 is 0 Å². The van der Waals surface area contributed by atoms with Crippen LogP contribution in [-0.2, 0) is 0 Å². The van der Waals surface area contributed by atoms with E-state index in [2.05, 4.69) is 26.8 Å². The molecule has 0 N–H and O–H groups in total. The molecule has 3 rings (SSSR count). The van der Waals surface area contributed by atoms with Crippen molar-refractivity contribution in [3.8, 4) is 0 Å². The van der Waals surface area contributed by atoms with Gasteiger partial charge in [-0.15, -0.1) is 0 Å². The van der Waals surface area contributed by atoms with Gasteiger partial charge in [-0.05, 0) is 74.2 Å². The summed E-state index contributed by atoms with van der Waals surface area (Å²) in [5.41, 5.74) is 5.38. The summed E-state index contributed by atoms with van der Waals surface area (Å²) in [6.07, 6.45) is 12.5. The van der Waals surface area contributed by atoms with Crippen molar-refractivity contribution in [3.05, 3.63) is 22.8 Å². The molecule has 0 saturated heterocycles. The summed E-state index contributed by atoms with van der Waals surface area (Å²) in [6, 6.07) is 0. The van der Waals surface area contributed by atoms with E-state index in [0.29, 0.717) is 0 Å². The predicted molar refractivity (Wildman–Crippen MR) is 89.8 cm³/mol. The Bertz CT molecular complexity index is 385. The van der Waals surface area contributed by atoms with Crippen molar-refractivity contribution in [3.63, 3.8) is 0 Å². The summed E-state index contributed by atoms with van der Waals surface area (Å²) in [4.78, 5) is 0. The SMILES string of the molecule is CC.CC1CCC2=C(CC1)C(C)C1CCC(C)CC1=C2. The molecule has 0 amide bonds. The highest BCUT2D eigenvalue weighted by Gasteiger charge is 2.34. The van der Waals surface area contributed by atoms with E-state index in [4.69, 9.17) is 0 Å². The second-order valence-corrected chi connectivity index (χ2v) is 7.23. The number of rotatable bonds is 0. The fourth-order valence-corrected chi connectivity index (χ4v) is 4.46. The Labute approximate surface area is 126 Å². The molecular weight excluding hydrogens is 240 g/mol. The van der Waals surface area contributed by atoms with Gasteiger partial charge in [-0.1, -0.05) is 51.8 Å². The molecule has 0 nitrogen and oxygen atoms in total. The van der Waals surface area contributed by atoms with E-state index in [1.54, 1.807) is 11.1 Å². The Hall–Kier alpha value is -0.520. The van der Waals surface area contributed by atoms with Crippen LogP contribution in [-0.4, -0.2) is 0 Å². The summed E-state index contributed by atoms with van der Waals surface area (Å²) < 4.78 is 0. The molecule has 0 aliphatic heterocycles. The van der Waals surface area contributed by atoms with Crippen molar-refractivity contribution in [1.82, 2.24) is 0 Å². The number of fused-ring (bicyclic) bond motifs is 1. The van der Waals surface area contributed by atoms with Crippen LogP contribution in [0, 0.1) is 23.7 Å². The fraction of sp³-hybridized carbons (Fsp3) is 0.800. The molecule has 1 saturated carbocycles. The van der Waals surface area contributed by atoms with Gasteiger partial charge in [-0.25, -0.2) is 0 Å². The van der Waals surface area contributed by atoms with E-state index >= 15 is 0 Å². The Morgan fingerprint density at radius 3 is 2.30 bits per heavy atom. The van der Waals surface area contributed by atoms with Gasteiger partial charge in [0.25, 0.3) is 0 Å². The number of hydrogen-bond acceptors (Lipinski definition) is 0. The topological polar surface area (TPSA) is 0 Å². The van der Waals surface area contributed by atoms with Crippen molar-refractivity contribution < 1.29 is 0 Å². The first-order chi connectivity index (χ1) is 9.65. The average molecular weight is 274 g/mol. The molecule has 0 radical (unpaired) electrons. The third-order valence-corrected chi connectivity index (χ3v) is 5.77. The molecule has 0 spiro atoms. The second kappa shape index (κ2) is 6.96. The van der Waals surface area contributed by atoms with E-state index in [0.717, 1.165) is 23.7 Å². The lowest BCUT2D eigenvalue weighted by Gasteiger charge is -2.39. The molecule has 1 fully saturated rings. The highest BCUT2D eigenvalue weighted by molar-refractivity contribution is 5.38. The lowest BCUT2D eigenvalue weighted by molar-refractivity contribution is 0.307. The van der Waals surface area contributed by atoms with Gasteiger partial charge in [0.05, 0.1) is 0 Å². The highest BCUT2D eigenvalue weighted by atomic mass is 14.4. The molecule has 0 aromatic rings. The predicted octanol–water partition coefficient (Wildman–Crippen LogP) is 6.53. The van der Waals surface area contributed by atoms with Crippen LogP contribution in [0.15, 0.2) is 22.8 Å². The lowest BCUT2D eigenvalue weighted by Crippen LogP contribution is -2.26. The lowest BCUT2D eigenvalue weighted by atomic mass is 9.66. The van der Waals surface area contributed by atoms with Gasteiger partial charge in [-0.2, -0.15) is 0 Å². The zero-order chi connectivity index (χ0) is 14.7. The summed E-state index contributed by atoms with van der Waals surface area (Å²) in [5, 5.41) is 0. The Kier molecular flexibility index (Phi) is 5.52. The quantitative estimate of drug-likeness (QED) is 0.471. The summed E-state index contributed by atoms with van der Waals surface area (Å²) in [7, 11) is 0. The van der Waals surface area contributed by atoms with Crippen molar-refractivity contribution in [1.29, 1.82) is 0 Å². The Morgan fingerprint density at radius 2 is 1.55 bits per heavy atom. The molecule has 3 aliphatic carbocycles. The third-order valence-electron chi connectivity index (χ3n) is 5.77. The van der Waals surface area contributed by atoms with Crippen molar-refractivity contribution >= 4 is 0 Å². The maximum Gasteiger partial charge on any atom is -0.0137 e. The van der Waals surface area contributed by atoms with Crippen LogP contribution in [0.25, 0.3) is 0 Å². The molecule has 4 atom stereocenters. The molecule has 4 unspecified atom stereocenters. The molecule has 0 heteroatoms. The molecule has 0 bridgehead atoms. The normalized spacial score (nSPS) is 37.0.